The standard InChI is InChI=1S/C32H40O4/c1-5-7-8-11-23-34-25(4)26-15-17-27(18-16-26)28-19-21-29(22-20-28)32(33)36-31-14-10-9-13-30(31)35-24(3)12-6-2/h9-10,13-22,24-25H,5-8,11-12,23H2,1-4H3. The maximum Gasteiger partial charge on any atom is 0.343 e. The van der Waals surface area contributed by atoms with Crippen molar-refractivity contribution in [3.8, 4) is 22.6 Å². The van der Waals surface area contributed by atoms with Crippen molar-refractivity contribution in [2.45, 2.75) is 78.4 Å². The highest BCUT2D eigenvalue weighted by Gasteiger charge is 2.14. The van der Waals surface area contributed by atoms with Gasteiger partial charge < -0.3 is 14.2 Å². The lowest BCUT2D eigenvalue weighted by atomic mass is 10.0. The minimum atomic E-state index is -0.402. The van der Waals surface area contributed by atoms with Gasteiger partial charge in [0.25, 0.3) is 0 Å². The number of para-hydroxylation sites is 2. The lowest BCUT2D eigenvalue weighted by Crippen LogP contribution is -2.14. The lowest BCUT2D eigenvalue weighted by Gasteiger charge is -2.16. The molecule has 0 saturated carbocycles. The van der Waals surface area contributed by atoms with Crippen molar-refractivity contribution in [1.82, 2.24) is 0 Å². The van der Waals surface area contributed by atoms with Crippen LogP contribution in [-0.2, 0) is 4.74 Å². The predicted octanol–water partition coefficient (Wildman–Crippen LogP) is 8.80. The molecule has 0 amide bonds. The molecule has 3 rings (SSSR count). The van der Waals surface area contributed by atoms with Gasteiger partial charge in [0.05, 0.1) is 17.8 Å². The summed E-state index contributed by atoms with van der Waals surface area (Å²) in [4.78, 5) is 12.8. The van der Waals surface area contributed by atoms with Crippen LogP contribution in [0, 0.1) is 0 Å². The topological polar surface area (TPSA) is 44.8 Å². The van der Waals surface area contributed by atoms with Gasteiger partial charge in [-0.15, -0.1) is 0 Å². The van der Waals surface area contributed by atoms with E-state index < -0.39 is 5.97 Å². The molecule has 0 aliphatic rings. The quantitative estimate of drug-likeness (QED) is 0.129. The first-order valence-electron chi connectivity index (χ1n) is 13.3. The van der Waals surface area contributed by atoms with Crippen LogP contribution in [0.15, 0.2) is 72.8 Å². The zero-order valence-electron chi connectivity index (χ0n) is 22.2. The van der Waals surface area contributed by atoms with Crippen molar-refractivity contribution >= 4 is 5.97 Å². The van der Waals surface area contributed by atoms with Crippen LogP contribution in [-0.4, -0.2) is 18.7 Å². The largest absolute Gasteiger partial charge is 0.487 e. The molecule has 0 radical (unpaired) electrons. The molecule has 36 heavy (non-hydrogen) atoms. The molecule has 0 aliphatic carbocycles. The van der Waals surface area contributed by atoms with E-state index in [2.05, 4.69) is 45.0 Å². The molecular weight excluding hydrogens is 448 g/mol. The Bertz CT molecular complexity index is 1060. The third-order valence-corrected chi connectivity index (χ3v) is 6.27. The molecular formula is C32H40O4. The maximum absolute atomic E-state index is 12.8. The first-order valence-corrected chi connectivity index (χ1v) is 13.3. The Morgan fingerprint density at radius 1 is 0.750 bits per heavy atom. The van der Waals surface area contributed by atoms with E-state index in [1.807, 2.05) is 37.3 Å². The van der Waals surface area contributed by atoms with Gasteiger partial charge in [0.2, 0.25) is 0 Å². The Balaban J connectivity index is 1.59. The Hall–Kier alpha value is -3.11. The summed E-state index contributed by atoms with van der Waals surface area (Å²) < 4.78 is 17.6. The summed E-state index contributed by atoms with van der Waals surface area (Å²) in [7, 11) is 0. The Morgan fingerprint density at radius 3 is 2.03 bits per heavy atom. The molecule has 0 spiro atoms. The highest BCUT2D eigenvalue weighted by atomic mass is 16.6. The van der Waals surface area contributed by atoms with Crippen LogP contribution in [0.2, 0.25) is 0 Å². The zero-order valence-corrected chi connectivity index (χ0v) is 22.2. The third kappa shape index (κ3) is 8.23. The number of carbonyl (C=O) groups is 1. The van der Waals surface area contributed by atoms with Crippen molar-refractivity contribution in [1.29, 1.82) is 0 Å². The van der Waals surface area contributed by atoms with Crippen molar-refractivity contribution in [2.75, 3.05) is 6.61 Å². The van der Waals surface area contributed by atoms with Gasteiger partial charge in [0.15, 0.2) is 11.5 Å². The van der Waals surface area contributed by atoms with Crippen LogP contribution >= 0.6 is 0 Å². The summed E-state index contributed by atoms with van der Waals surface area (Å²) in [6.07, 6.45) is 6.95. The van der Waals surface area contributed by atoms with E-state index in [0.29, 0.717) is 17.1 Å². The molecule has 0 N–H and O–H groups in total. The average molecular weight is 489 g/mol. The fourth-order valence-electron chi connectivity index (χ4n) is 4.10. The van der Waals surface area contributed by atoms with Gasteiger partial charge >= 0.3 is 5.97 Å². The molecule has 0 saturated heterocycles. The van der Waals surface area contributed by atoms with Crippen LogP contribution in [0.25, 0.3) is 11.1 Å². The van der Waals surface area contributed by atoms with Crippen LogP contribution < -0.4 is 9.47 Å². The molecule has 0 aromatic heterocycles. The smallest absolute Gasteiger partial charge is 0.343 e. The molecule has 3 aromatic rings. The molecule has 0 heterocycles. The molecule has 192 valence electrons. The van der Waals surface area contributed by atoms with E-state index in [1.165, 1.54) is 24.8 Å². The van der Waals surface area contributed by atoms with E-state index in [1.54, 1.807) is 18.2 Å². The lowest BCUT2D eigenvalue weighted by molar-refractivity contribution is 0.0628. The highest BCUT2D eigenvalue weighted by molar-refractivity contribution is 5.92. The van der Waals surface area contributed by atoms with Crippen LogP contribution in [0.1, 0.15) is 88.2 Å². The summed E-state index contributed by atoms with van der Waals surface area (Å²) in [5.41, 5.74) is 3.81. The van der Waals surface area contributed by atoms with E-state index in [0.717, 1.165) is 37.0 Å². The van der Waals surface area contributed by atoms with Crippen LogP contribution in [0.4, 0.5) is 0 Å². The van der Waals surface area contributed by atoms with Gasteiger partial charge in [0.1, 0.15) is 0 Å². The summed E-state index contributed by atoms with van der Waals surface area (Å²) in [6.45, 7) is 9.26. The average Bonchev–Trinajstić information content (AvgIpc) is 2.90. The molecule has 0 aliphatic heterocycles. The number of hydrogen-bond acceptors (Lipinski definition) is 4. The number of unbranched alkanes of at least 4 members (excludes halogenated alkanes) is 3. The number of esters is 1. The monoisotopic (exact) mass is 488 g/mol. The van der Waals surface area contributed by atoms with Gasteiger partial charge in [-0.3, -0.25) is 0 Å². The second-order valence-corrected chi connectivity index (χ2v) is 9.33. The van der Waals surface area contributed by atoms with Crippen molar-refractivity contribution in [2.24, 2.45) is 0 Å². The third-order valence-electron chi connectivity index (χ3n) is 6.27. The van der Waals surface area contributed by atoms with Gasteiger partial charge in [-0.05, 0) is 67.6 Å². The van der Waals surface area contributed by atoms with Crippen LogP contribution in [0.3, 0.4) is 0 Å². The molecule has 0 bridgehead atoms. The van der Waals surface area contributed by atoms with Crippen molar-refractivity contribution in [3.63, 3.8) is 0 Å². The summed E-state index contributed by atoms with van der Waals surface area (Å²) in [5, 5.41) is 0. The summed E-state index contributed by atoms with van der Waals surface area (Å²) in [5.74, 6) is 0.621. The van der Waals surface area contributed by atoms with E-state index in [9.17, 15) is 4.79 Å². The van der Waals surface area contributed by atoms with Gasteiger partial charge in [-0.1, -0.05) is 88.1 Å². The fraction of sp³-hybridized carbons (Fsp3) is 0.406. The summed E-state index contributed by atoms with van der Waals surface area (Å²) >= 11 is 0. The zero-order chi connectivity index (χ0) is 25.8. The van der Waals surface area contributed by atoms with E-state index in [4.69, 9.17) is 14.2 Å². The fourth-order valence-corrected chi connectivity index (χ4v) is 4.10. The predicted molar refractivity (Wildman–Crippen MR) is 147 cm³/mol. The van der Waals surface area contributed by atoms with Gasteiger partial charge in [0, 0.05) is 6.61 Å². The Morgan fingerprint density at radius 2 is 1.39 bits per heavy atom. The highest BCUT2D eigenvalue weighted by Crippen LogP contribution is 2.29. The number of hydrogen-bond donors (Lipinski definition) is 0. The molecule has 4 heteroatoms. The van der Waals surface area contributed by atoms with Crippen molar-refractivity contribution < 1.29 is 19.0 Å². The van der Waals surface area contributed by atoms with Crippen LogP contribution in [0.5, 0.6) is 11.5 Å². The molecule has 2 atom stereocenters. The Kier molecular flexibility index (Phi) is 11.0. The molecule has 2 unspecified atom stereocenters. The molecule has 0 fully saturated rings. The summed E-state index contributed by atoms with van der Waals surface area (Å²) in [6, 6.07) is 23.3. The molecule has 4 nitrogen and oxygen atoms in total. The second-order valence-electron chi connectivity index (χ2n) is 9.33. The number of benzene rings is 3. The Labute approximate surface area is 216 Å². The number of carbonyl (C=O) groups excluding carboxylic acids is 1. The van der Waals surface area contributed by atoms with E-state index in [-0.39, 0.29) is 12.2 Å². The van der Waals surface area contributed by atoms with Crippen molar-refractivity contribution in [3.05, 3.63) is 83.9 Å². The second kappa shape index (κ2) is 14.4. The van der Waals surface area contributed by atoms with Gasteiger partial charge in [-0.25, -0.2) is 4.79 Å². The normalized spacial score (nSPS) is 12.7. The number of ether oxygens (including phenoxy) is 3. The van der Waals surface area contributed by atoms with E-state index >= 15 is 0 Å². The SMILES string of the molecule is CCCCCCOC(C)c1ccc(-c2ccc(C(=O)Oc3ccccc3OC(C)CCC)cc2)cc1. The molecule has 3 aromatic carbocycles. The first-order chi connectivity index (χ1) is 17.5. The number of rotatable bonds is 14. The maximum atomic E-state index is 12.8. The minimum absolute atomic E-state index is 0.0564. The first kappa shape index (κ1) is 27.5. The van der Waals surface area contributed by atoms with Gasteiger partial charge in [-0.2, -0.15) is 0 Å². The minimum Gasteiger partial charge on any atom is -0.487 e.